The summed E-state index contributed by atoms with van der Waals surface area (Å²) in [6, 6.07) is 12.1. The molecule has 0 saturated carbocycles. The van der Waals surface area contributed by atoms with Crippen molar-refractivity contribution in [1.29, 1.82) is 0 Å². The average molecular weight is 356 g/mol. The molecule has 0 unspecified atom stereocenters. The van der Waals surface area contributed by atoms with Crippen molar-refractivity contribution in [3.8, 4) is 0 Å². The standard InChI is InChI=1S/C16H15ClFNO3S/c17-15-7-2-1-4-12(15)11-23(21,22)9-8-16(20)19-14-6-3-5-13(18)10-14/h1-7,10H,8-9,11H2,(H,19,20). The molecular formula is C16H15ClFNO3S. The number of nitrogens with one attached hydrogen (secondary N) is 1. The Morgan fingerprint density at radius 1 is 1.13 bits per heavy atom. The highest BCUT2D eigenvalue weighted by atomic mass is 35.5. The zero-order valence-electron chi connectivity index (χ0n) is 12.1. The first-order valence-electron chi connectivity index (χ1n) is 6.85. The van der Waals surface area contributed by atoms with Crippen molar-refractivity contribution in [3.63, 3.8) is 0 Å². The van der Waals surface area contributed by atoms with Gasteiger partial charge in [-0.25, -0.2) is 12.8 Å². The van der Waals surface area contributed by atoms with Gasteiger partial charge in [0.15, 0.2) is 9.84 Å². The van der Waals surface area contributed by atoms with Crippen LogP contribution in [0.25, 0.3) is 0 Å². The largest absolute Gasteiger partial charge is 0.326 e. The fourth-order valence-electron chi connectivity index (χ4n) is 1.96. The molecule has 0 aliphatic carbocycles. The van der Waals surface area contributed by atoms with Crippen LogP contribution in [-0.2, 0) is 20.4 Å². The quantitative estimate of drug-likeness (QED) is 0.863. The molecule has 7 heteroatoms. The SMILES string of the molecule is O=C(CCS(=O)(=O)Cc1ccccc1Cl)Nc1cccc(F)c1. The minimum atomic E-state index is -3.47. The molecule has 122 valence electrons. The van der Waals surface area contributed by atoms with E-state index in [0.29, 0.717) is 16.3 Å². The second-order valence-electron chi connectivity index (χ2n) is 4.99. The number of rotatable bonds is 6. The molecule has 23 heavy (non-hydrogen) atoms. The zero-order chi connectivity index (χ0) is 16.9. The van der Waals surface area contributed by atoms with E-state index in [1.54, 1.807) is 24.3 Å². The maximum atomic E-state index is 13.0. The first kappa shape index (κ1) is 17.4. The minimum absolute atomic E-state index is 0.205. The molecule has 1 amide bonds. The Labute approximate surface area is 139 Å². The van der Waals surface area contributed by atoms with E-state index in [1.807, 2.05) is 0 Å². The third kappa shape index (κ3) is 5.65. The fraction of sp³-hybridized carbons (Fsp3) is 0.188. The molecular weight excluding hydrogens is 341 g/mol. The average Bonchev–Trinajstić information content (AvgIpc) is 2.48. The highest BCUT2D eigenvalue weighted by Gasteiger charge is 2.16. The fourth-order valence-corrected chi connectivity index (χ4v) is 3.61. The van der Waals surface area contributed by atoms with Crippen LogP contribution in [0.3, 0.4) is 0 Å². The Bertz CT molecular complexity index is 808. The molecule has 0 fully saturated rings. The molecule has 2 aromatic rings. The second-order valence-corrected chi connectivity index (χ2v) is 7.58. The van der Waals surface area contributed by atoms with Gasteiger partial charge in [0.1, 0.15) is 5.82 Å². The summed E-state index contributed by atoms with van der Waals surface area (Å²) >= 11 is 5.94. The van der Waals surface area contributed by atoms with E-state index in [0.717, 1.165) is 6.07 Å². The predicted octanol–water partition coefficient (Wildman–Crippen LogP) is 3.42. The Morgan fingerprint density at radius 3 is 2.57 bits per heavy atom. The van der Waals surface area contributed by atoms with Crippen molar-refractivity contribution in [2.45, 2.75) is 12.2 Å². The molecule has 0 radical (unpaired) electrons. The first-order chi connectivity index (χ1) is 10.9. The van der Waals surface area contributed by atoms with Crippen LogP contribution < -0.4 is 5.32 Å². The second kappa shape index (κ2) is 7.57. The Morgan fingerprint density at radius 2 is 1.87 bits per heavy atom. The van der Waals surface area contributed by atoms with Crippen molar-refractivity contribution in [2.75, 3.05) is 11.1 Å². The summed E-state index contributed by atoms with van der Waals surface area (Å²) < 4.78 is 37.1. The lowest BCUT2D eigenvalue weighted by Crippen LogP contribution is -2.18. The van der Waals surface area contributed by atoms with Gasteiger partial charge in [0.2, 0.25) is 5.91 Å². The van der Waals surface area contributed by atoms with E-state index in [1.165, 1.54) is 18.2 Å². The van der Waals surface area contributed by atoms with Gasteiger partial charge in [-0.05, 0) is 29.8 Å². The summed E-state index contributed by atoms with van der Waals surface area (Å²) in [5.74, 6) is -1.49. The summed E-state index contributed by atoms with van der Waals surface area (Å²) in [6.07, 6.45) is -0.205. The van der Waals surface area contributed by atoms with Gasteiger partial charge in [0.05, 0.1) is 11.5 Å². The van der Waals surface area contributed by atoms with Gasteiger partial charge in [-0.1, -0.05) is 35.9 Å². The Balaban J connectivity index is 1.91. The Hall–Kier alpha value is -1.92. The normalized spacial score (nSPS) is 11.2. The molecule has 0 spiro atoms. The van der Waals surface area contributed by atoms with Crippen LogP contribution in [0.15, 0.2) is 48.5 Å². The van der Waals surface area contributed by atoms with Crippen molar-refractivity contribution in [1.82, 2.24) is 0 Å². The third-order valence-corrected chi connectivity index (χ3v) is 5.03. The highest BCUT2D eigenvalue weighted by Crippen LogP contribution is 2.18. The van der Waals surface area contributed by atoms with Crippen molar-refractivity contribution in [2.24, 2.45) is 0 Å². The van der Waals surface area contributed by atoms with E-state index < -0.39 is 21.6 Å². The lowest BCUT2D eigenvalue weighted by Gasteiger charge is -2.07. The monoisotopic (exact) mass is 355 g/mol. The molecule has 0 aliphatic rings. The van der Waals surface area contributed by atoms with Gasteiger partial charge in [-0.2, -0.15) is 0 Å². The Kier molecular flexibility index (Phi) is 5.74. The smallest absolute Gasteiger partial charge is 0.225 e. The van der Waals surface area contributed by atoms with E-state index >= 15 is 0 Å². The van der Waals surface area contributed by atoms with Crippen LogP contribution in [0, 0.1) is 5.82 Å². The van der Waals surface area contributed by atoms with Gasteiger partial charge < -0.3 is 5.32 Å². The van der Waals surface area contributed by atoms with E-state index in [4.69, 9.17) is 11.6 Å². The zero-order valence-corrected chi connectivity index (χ0v) is 13.7. The van der Waals surface area contributed by atoms with E-state index in [-0.39, 0.29) is 17.9 Å². The van der Waals surface area contributed by atoms with Crippen LogP contribution >= 0.6 is 11.6 Å². The van der Waals surface area contributed by atoms with Crippen LogP contribution in [-0.4, -0.2) is 20.1 Å². The van der Waals surface area contributed by atoms with E-state index in [9.17, 15) is 17.6 Å². The van der Waals surface area contributed by atoms with Crippen LogP contribution in [0.2, 0.25) is 5.02 Å². The topological polar surface area (TPSA) is 63.2 Å². The van der Waals surface area contributed by atoms with E-state index in [2.05, 4.69) is 5.32 Å². The molecule has 4 nitrogen and oxygen atoms in total. The van der Waals surface area contributed by atoms with Crippen molar-refractivity contribution < 1.29 is 17.6 Å². The maximum absolute atomic E-state index is 13.0. The molecule has 0 heterocycles. The van der Waals surface area contributed by atoms with Gasteiger partial charge in [-0.15, -0.1) is 0 Å². The van der Waals surface area contributed by atoms with Gasteiger partial charge in [-0.3, -0.25) is 4.79 Å². The number of hydrogen-bond acceptors (Lipinski definition) is 3. The molecule has 0 bridgehead atoms. The number of amides is 1. The maximum Gasteiger partial charge on any atom is 0.225 e. The van der Waals surface area contributed by atoms with Gasteiger partial charge in [0.25, 0.3) is 0 Å². The molecule has 0 aromatic heterocycles. The molecule has 0 aliphatic heterocycles. The summed E-state index contributed by atoms with van der Waals surface area (Å²) in [5, 5.41) is 2.84. The lowest BCUT2D eigenvalue weighted by molar-refractivity contribution is -0.115. The predicted molar refractivity (Wildman–Crippen MR) is 88.6 cm³/mol. The van der Waals surface area contributed by atoms with Gasteiger partial charge in [0, 0.05) is 17.1 Å². The number of halogens is 2. The molecule has 1 N–H and O–H groups in total. The number of carbonyl (C=O) groups is 1. The summed E-state index contributed by atoms with van der Waals surface area (Å²) in [4.78, 5) is 11.8. The number of benzene rings is 2. The lowest BCUT2D eigenvalue weighted by atomic mass is 10.2. The van der Waals surface area contributed by atoms with Crippen LogP contribution in [0.1, 0.15) is 12.0 Å². The number of anilines is 1. The summed E-state index contributed by atoms with van der Waals surface area (Å²) in [7, 11) is -3.47. The third-order valence-electron chi connectivity index (χ3n) is 3.08. The summed E-state index contributed by atoms with van der Waals surface area (Å²) in [6.45, 7) is 0. The molecule has 2 rings (SSSR count). The first-order valence-corrected chi connectivity index (χ1v) is 9.05. The number of carbonyl (C=O) groups excluding carboxylic acids is 1. The highest BCUT2D eigenvalue weighted by molar-refractivity contribution is 7.90. The van der Waals surface area contributed by atoms with Crippen LogP contribution in [0.4, 0.5) is 10.1 Å². The molecule has 0 saturated heterocycles. The van der Waals surface area contributed by atoms with Crippen LogP contribution in [0.5, 0.6) is 0 Å². The number of sulfone groups is 1. The van der Waals surface area contributed by atoms with Crippen molar-refractivity contribution >= 4 is 33.0 Å². The van der Waals surface area contributed by atoms with Gasteiger partial charge >= 0.3 is 0 Å². The van der Waals surface area contributed by atoms with Crippen molar-refractivity contribution in [3.05, 3.63) is 64.9 Å². The minimum Gasteiger partial charge on any atom is -0.326 e. The molecule has 2 aromatic carbocycles. The number of hydrogen-bond donors (Lipinski definition) is 1. The molecule has 0 atom stereocenters. The summed E-state index contributed by atoms with van der Waals surface area (Å²) in [5.41, 5.74) is 0.790.